The van der Waals surface area contributed by atoms with E-state index < -0.39 is 0 Å². The van der Waals surface area contributed by atoms with Gasteiger partial charge in [0.15, 0.2) is 6.61 Å². The molecule has 0 radical (unpaired) electrons. The summed E-state index contributed by atoms with van der Waals surface area (Å²) in [5.41, 5.74) is 1.21. The Balaban J connectivity index is 2.33. The number of benzene rings is 1. The smallest absolute Gasteiger partial charge is 0.257 e. The predicted molar refractivity (Wildman–Crippen MR) is 77.2 cm³/mol. The van der Waals surface area contributed by atoms with E-state index in [1.807, 2.05) is 31.2 Å². The molecule has 0 aliphatic carbocycles. The molecule has 4 heteroatoms. The van der Waals surface area contributed by atoms with Crippen LogP contribution in [0.15, 0.2) is 24.3 Å². The lowest BCUT2D eigenvalue weighted by atomic mass is 10.2. The molecule has 4 nitrogen and oxygen atoms in total. The summed E-state index contributed by atoms with van der Waals surface area (Å²) >= 11 is 0. The van der Waals surface area contributed by atoms with Crippen molar-refractivity contribution in [2.75, 3.05) is 19.7 Å². The van der Waals surface area contributed by atoms with Crippen molar-refractivity contribution in [1.82, 2.24) is 10.6 Å². The lowest BCUT2D eigenvalue weighted by Crippen LogP contribution is -2.28. The minimum absolute atomic E-state index is 0.0682. The van der Waals surface area contributed by atoms with E-state index in [2.05, 4.69) is 24.5 Å². The van der Waals surface area contributed by atoms with Crippen LogP contribution < -0.4 is 15.4 Å². The Labute approximate surface area is 115 Å². The molecule has 0 aromatic heterocycles. The number of amides is 1. The second-order valence-corrected chi connectivity index (χ2v) is 4.91. The molecule has 2 N–H and O–H groups in total. The van der Waals surface area contributed by atoms with Crippen LogP contribution in [-0.4, -0.2) is 25.6 Å². The minimum Gasteiger partial charge on any atom is -0.484 e. The van der Waals surface area contributed by atoms with Crippen LogP contribution >= 0.6 is 0 Å². The molecule has 1 amide bonds. The molecule has 0 saturated heterocycles. The maximum Gasteiger partial charge on any atom is 0.257 e. The van der Waals surface area contributed by atoms with E-state index in [0.717, 1.165) is 18.8 Å². The van der Waals surface area contributed by atoms with Gasteiger partial charge in [0.1, 0.15) is 5.75 Å². The molecular weight excluding hydrogens is 240 g/mol. The van der Waals surface area contributed by atoms with E-state index in [4.69, 9.17) is 4.74 Å². The average molecular weight is 264 g/mol. The van der Waals surface area contributed by atoms with Crippen LogP contribution in [0.25, 0.3) is 0 Å². The van der Waals surface area contributed by atoms with Crippen molar-refractivity contribution in [2.24, 2.45) is 5.92 Å². The first kappa shape index (κ1) is 15.5. The predicted octanol–water partition coefficient (Wildman–Crippen LogP) is 1.95. The number of nitrogens with one attached hydrogen (secondary N) is 2. The van der Waals surface area contributed by atoms with E-state index in [-0.39, 0.29) is 12.5 Å². The Morgan fingerprint density at radius 1 is 1.26 bits per heavy atom. The van der Waals surface area contributed by atoms with Crippen LogP contribution in [0.1, 0.15) is 26.3 Å². The van der Waals surface area contributed by atoms with Gasteiger partial charge in [0.25, 0.3) is 5.91 Å². The van der Waals surface area contributed by atoms with Crippen molar-refractivity contribution < 1.29 is 9.53 Å². The molecule has 0 heterocycles. The first-order chi connectivity index (χ1) is 9.11. The number of carbonyl (C=O) groups is 1. The van der Waals surface area contributed by atoms with E-state index in [9.17, 15) is 4.79 Å². The molecule has 0 spiro atoms. The Hall–Kier alpha value is -1.55. The number of hydrogen-bond acceptors (Lipinski definition) is 3. The van der Waals surface area contributed by atoms with Crippen LogP contribution in [0.3, 0.4) is 0 Å². The molecule has 0 aliphatic rings. The van der Waals surface area contributed by atoms with Crippen molar-refractivity contribution in [3.63, 3.8) is 0 Å². The molecule has 0 aliphatic heterocycles. The van der Waals surface area contributed by atoms with Gasteiger partial charge in [-0.1, -0.05) is 26.0 Å². The summed E-state index contributed by atoms with van der Waals surface area (Å²) in [6.45, 7) is 8.82. The van der Waals surface area contributed by atoms with Crippen molar-refractivity contribution in [1.29, 1.82) is 0 Å². The number of rotatable bonds is 8. The first-order valence-corrected chi connectivity index (χ1v) is 6.81. The minimum atomic E-state index is -0.0924. The molecular formula is C15H24N2O2. The van der Waals surface area contributed by atoms with Gasteiger partial charge in [-0.05, 0) is 37.1 Å². The highest BCUT2D eigenvalue weighted by molar-refractivity contribution is 5.77. The molecule has 0 fully saturated rings. The maximum absolute atomic E-state index is 11.2. The van der Waals surface area contributed by atoms with Crippen molar-refractivity contribution >= 4 is 5.91 Å². The number of ether oxygens (including phenoxy) is 1. The fourth-order valence-corrected chi connectivity index (χ4v) is 1.61. The third-order valence-corrected chi connectivity index (χ3v) is 2.55. The standard InChI is InChI=1S/C15H24N2O2/c1-4-17-15(18)11-19-14-7-5-13(6-8-14)10-16-9-12(2)3/h5-8,12,16H,4,9-11H2,1-3H3,(H,17,18). The maximum atomic E-state index is 11.2. The molecule has 1 aromatic rings. The highest BCUT2D eigenvalue weighted by Gasteiger charge is 2.01. The lowest BCUT2D eigenvalue weighted by Gasteiger charge is -2.09. The van der Waals surface area contributed by atoms with Crippen LogP contribution in [0.5, 0.6) is 5.75 Å². The van der Waals surface area contributed by atoms with Crippen LogP contribution in [0, 0.1) is 5.92 Å². The summed E-state index contributed by atoms with van der Waals surface area (Å²) in [4.78, 5) is 11.2. The first-order valence-electron chi connectivity index (χ1n) is 6.81. The van der Waals surface area contributed by atoms with E-state index >= 15 is 0 Å². The molecule has 0 bridgehead atoms. The van der Waals surface area contributed by atoms with Crippen LogP contribution in [0.4, 0.5) is 0 Å². The number of carbonyl (C=O) groups excluding carboxylic acids is 1. The lowest BCUT2D eigenvalue weighted by molar-refractivity contribution is -0.122. The number of hydrogen-bond donors (Lipinski definition) is 2. The van der Waals surface area contributed by atoms with Crippen molar-refractivity contribution in [3.05, 3.63) is 29.8 Å². The molecule has 0 atom stereocenters. The van der Waals surface area contributed by atoms with Crippen molar-refractivity contribution in [3.8, 4) is 5.75 Å². The van der Waals surface area contributed by atoms with Gasteiger partial charge in [0, 0.05) is 13.1 Å². The topological polar surface area (TPSA) is 50.4 Å². The van der Waals surface area contributed by atoms with Gasteiger partial charge in [-0.2, -0.15) is 0 Å². The molecule has 1 rings (SSSR count). The van der Waals surface area contributed by atoms with E-state index in [1.165, 1.54) is 5.56 Å². The quantitative estimate of drug-likeness (QED) is 0.754. The molecule has 19 heavy (non-hydrogen) atoms. The summed E-state index contributed by atoms with van der Waals surface area (Å²) in [6.07, 6.45) is 0. The normalized spacial score (nSPS) is 10.5. The molecule has 0 saturated carbocycles. The van der Waals surface area contributed by atoms with Gasteiger partial charge in [-0.15, -0.1) is 0 Å². The van der Waals surface area contributed by atoms with Crippen LogP contribution in [0.2, 0.25) is 0 Å². The van der Waals surface area contributed by atoms with Crippen LogP contribution in [-0.2, 0) is 11.3 Å². The van der Waals surface area contributed by atoms with Gasteiger partial charge in [0.05, 0.1) is 0 Å². The zero-order chi connectivity index (χ0) is 14.1. The highest BCUT2D eigenvalue weighted by atomic mass is 16.5. The molecule has 1 aromatic carbocycles. The Morgan fingerprint density at radius 2 is 1.95 bits per heavy atom. The zero-order valence-electron chi connectivity index (χ0n) is 12.0. The van der Waals surface area contributed by atoms with Gasteiger partial charge >= 0.3 is 0 Å². The third-order valence-electron chi connectivity index (χ3n) is 2.55. The fourth-order valence-electron chi connectivity index (χ4n) is 1.61. The molecule has 0 unspecified atom stereocenters. The monoisotopic (exact) mass is 264 g/mol. The third kappa shape index (κ3) is 6.82. The van der Waals surface area contributed by atoms with Gasteiger partial charge < -0.3 is 15.4 Å². The average Bonchev–Trinajstić information content (AvgIpc) is 2.38. The Kier molecular flexibility index (Phi) is 6.97. The SMILES string of the molecule is CCNC(=O)COc1ccc(CNCC(C)C)cc1. The summed E-state index contributed by atoms with van der Waals surface area (Å²) in [5.74, 6) is 1.28. The molecule has 106 valence electrons. The van der Waals surface area contributed by atoms with Gasteiger partial charge in [-0.25, -0.2) is 0 Å². The van der Waals surface area contributed by atoms with E-state index in [1.54, 1.807) is 0 Å². The zero-order valence-corrected chi connectivity index (χ0v) is 12.0. The van der Waals surface area contributed by atoms with Gasteiger partial charge in [0.2, 0.25) is 0 Å². The van der Waals surface area contributed by atoms with Crippen molar-refractivity contribution in [2.45, 2.75) is 27.3 Å². The summed E-state index contributed by atoms with van der Waals surface area (Å²) in [6, 6.07) is 7.82. The second-order valence-electron chi connectivity index (χ2n) is 4.91. The number of likely N-dealkylation sites (N-methyl/N-ethyl adjacent to an activating group) is 1. The van der Waals surface area contributed by atoms with E-state index in [0.29, 0.717) is 12.5 Å². The Bertz CT molecular complexity index is 374. The summed E-state index contributed by atoms with van der Waals surface area (Å²) in [5, 5.41) is 6.07. The fraction of sp³-hybridized carbons (Fsp3) is 0.533. The van der Waals surface area contributed by atoms with Gasteiger partial charge in [-0.3, -0.25) is 4.79 Å². The summed E-state index contributed by atoms with van der Waals surface area (Å²) < 4.78 is 5.39. The Morgan fingerprint density at radius 3 is 2.53 bits per heavy atom. The highest BCUT2D eigenvalue weighted by Crippen LogP contribution is 2.12. The summed E-state index contributed by atoms with van der Waals surface area (Å²) in [7, 11) is 0. The largest absolute Gasteiger partial charge is 0.484 e. The second kappa shape index (κ2) is 8.53.